The second-order valence-electron chi connectivity index (χ2n) is 6.48. The third kappa shape index (κ3) is 4.83. The van der Waals surface area contributed by atoms with E-state index in [1.807, 2.05) is 19.1 Å². The van der Waals surface area contributed by atoms with E-state index < -0.39 is 0 Å². The number of piperidine rings is 1. The van der Waals surface area contributed by atoms with E-state index >= 15 is 0 Å². The Kier molecular flexibility index (Phi) is 5.90. The molecule has 2 aromatic heterocycles. The van der Waals surface area contributed by atoms with Gasteiger partial charge in [-0.25, -0.2) is 0 Å². The maximum absolute atomic E-state index is 9.44. The van der Waals surface area contributed by atoms with E-state index in [1.54, 1.807) is 12.4 Å². The molecule has 2 N–H and O–H groups in total. The Morgan fingerprint density at radius 2 is 2.25 bits per heavy atom. The molecule has 1 atom stereocenters. The molecule has 0 saturated carbocycles. The summed E-state index contributed by atoms with van der Waals surface area (Å²) in [5.41, 5.74) is 0.859. The molecule has 0 unspecified atom stereocenters. The molecule has 1 saturated heterocycles. The van der Waals surface area contributed by atoms with Crippen molar-refractivity contribution in [3.8, 4) is 11.4 Å². The van der Waals surface area contributed by atoms with Crippen molar-refractivity contribution in [1.29, 1.82) is 0 Å². The molecule has 0 radical (unpaired) electrons. The number of aromatic nitrogens is 3. The van der Waals surface area contributed by atoms with Gasteiger partial charge in [-0.15, -0.1) is 0 Å². The monoisotopic (exact) mass is 331 g/mol. The molecule has 7 nitrogen and oxygen atoms in total. The van der Waals surface area contributed by atoms with Crippen LogP contribution in [0.1, 0.15) is 25.7 Å². The standard InChI is InChI=1S/C17H25N5O2/c1-13(23)12-22-7-4-14(5-8-22)9-19-11-16-20-17(21-24-16)15-3-2-6-18-10-15/h2-3,6,10,13-14,19,23H,4-5,7-9,11-12H2,1H3/t13-/m0/s1. The van der Waals surface area contributed by atoms with Gasteiger partial charge in [0.15, 0.2) is 0 Å². The number of nitrogens with one attached hydrogen (secondary N) is 1. The van der Waals surface area contributed by atoms with Crippen LogP contribution in [0.25, 0.3) is 11.4 Å². The SMILES string of the molecule is C[C@H](O)CN1CCC(CNCc2nc(-c3cccnc3)no2)CC1. The van der Waals surface area contributed by atoms with Gasteiger partial charge in [-0.2, -0.15) is 4.98 Å². The van der Waals surface area contributed by atoms with Crippen molar-refractivity contribution in [2.24, 2.45) is 5.92 Å². The number of nitrogens with zero attached hydrogens (tertiary/aromatic N) is 4. The molecule has 7 heteroatoms. The van der Waals surface area contributed by atoms with Gasteiger partial charge in [0.05, 0.1) is 12.6 Å². The van der Waals surface area contributed by atoms with Crippen LogP contribution in [0.4, 0.5) is 0 Å². The molecule has 1 fully saturated rings. The molecular formula is C17H25N5O2. The molecule has 1 aliphatic rings. The van der Waals surface area contributed by atoms with Gasteiger partial charge in [-0.1, -0.05) is 5.16 Å². The molecule has 2 aromatic rings. The van der Waals surface area contributed by atoms with Crippen LogP contribution in [0.15, 0.2) is 29.0 Å². The smallest absolute Gasteiger partial charge is 0.240 e. The van der Waals surface area contributed by atoms with E-state index in [0.29, 0.717) is 24.2 Å². The lowest BCUT2D eigenvalue weighted by atomic mass is 9.96. The van der Waals surface area contributed by atoms with Crippen LogP contribution in [0, 0.1) is 5.92 Å². The number of pyridine rings is 1. The Balaban J connectivity index is 1.39. The molecular weight excluding hydrogens is 306 g/mol. The summed E-state index contributed by atoms with van der Waals surface area (Å²) in [4.78, 5) is 10.8. The van der Waals surface area contributed by atoms with E-state index in [2.05, 4.69) is 25.3 Å². The first-order valence-corrected chi connectivity index (χ1v) is 8.55. The van der Waals surface area contributed by atoms with Crippen molar-refractivity contribution in [3.63, 3.8) is 0 Å². The lowest BCUT2D eigenvalue weighted by molar-refractivity contribution is 0.0996. The average molecular weight is 331 g/mol. The van der Waals surface area contributed by atoms with Crippen LogP contribution in [0.5, 0.6) is 0 Å². The largest absolute Gasteiger partial charge is 0.392 e. The summed E-state index contributed by atoms with van der Waals surface area (Å²) in [5.74, 6) is 1.84. The van der Waals surface area contributed by atoms with Crippen LogP contribution in [0.3, 0.4) is 0 Å². The second kappa shape index (κ2) is 8.32. The maximum Gasteiger partial charge on any atom is 0.240 e. The van der Waals surface area contributed by atoms with E-state index in [4.69, 9.17) is 4.52 Å². The summed E-state index contributed by atoms with van der Waals surface area (Å²) in [6.45, 7) is 6.28. The number of rotatable bonds is 7. The Bertz CT molecular complexity index is 608. The van der Waals surface area contributed by atoms with Crippen molar-refractivity contribution in [3.05, 3.63) is 30.4 Å². The topological polar surface area (TPSA) is 87.3 Å². The molecule has 130 valence electrons. The number of aliphatic hydroxyl groups excluding tert-OH is 1. The zero-order valence-corrected chi connectivity index (χ0v) is 14.1. The summed E-state index contributed by atoms with van der Waals surface area (Å²) in [7, 11) is 0. The predicted molar refractivity (Wildman–Crippen MR) is 90.1 cm³/mol. The Morgan fingerprint density at radius 3 is 2.96 bits per heavy atom. The number of aliphatic hydroxyl groups is 1. The normalized spacial score (nSPS) is 17.9. The van der Waals surface area contributed by atoms with Crippen molar-refractivity contribution in [2.45, 2.75) is 32.4 Å². The third-order valence-electron chi connectivity index (χ3n) is 4.33. The predicted octanol–water partition coefficient (Wildman–Crippen LogP) is 1.31. The molecule has 0 aromatic carbocycles. The number of likely N-dealkylation sites (tertiary alicyclic amines) is 1. The second-order valence-corrected chi connectivity index (χ2v) is 6.48. The summed E-state index contributed by atoms with van der Waals surface area (Å²) >= 11 is 0. The first-order chi connectivity index (χ1) is 11.7. The first-order valence-electron chi connectivity index (χ1n) is 8.55. The molecule has 1 aliphatic heterocycles. The van der Waals surface area contributed by atoms with E-state index in [9.17, 15) is 5.11 Å². The fraction of sp³-hybridized carbons (Fsp3) is 0.588. The summed E-state index contributed by atoms with van der Waals surface area (Å²) in [5, 5.41) is 16.8. The molecule has 0 aliphatic carbocycles. The van der Waals surface area contributed by atoms with Gasteiger partial charge < -0.3 is 19.8 Å². The lowest BCUT2D eigenvalue weighted by Crippen LogP contribution is -2.40. The Hall–Kier alpha value is -1.83. The summed E-state index contributed by atoms with van der Waals surface area (Å²) in [6, 6.07) is 3.77. The minimum absolute atomic E-state index is 0.244. The minimum atomic E-state index is -0.244. The Labute approximate surface area is 142 Å². The molecule has 0 spiro atoms. The highest BCUT2D eigenvalue weighted by Crippen LogP contribution is 2.17. The van der Waals surface area contributed by atoms with Crippen LogP contribution in [-0.2, 0) is 6.54 Å². The van der Waals surface area contributed by atoms with Gasteiger partial charge in [0.25, 0.3) is 0 Å². The summed E-state index contributed by atoms with van der Waals surface area (Å²) < 4.78 is 5.28. The average Bonchev–Trinajstić information content (AvgIpc) is 3.06. The van der Waals surface area contributed by atoms with Crippen LogP contribution in [0.2, 0.25) is 0 Å². The van der Waals surface area contributed by atoms with Gasteiger partial charge in [-0.05, 0) is 57.5 Å². The van der Waals surface area contributed by atoms with Crippen molar-refractivity contribution < 1.29 is 9.63 Å². The maximum atomic E-state index is 9.44. The molecule has 3 heterocycles. The van der Waals surface area contributed by atoms with Crippen molar-refractivity contribution >= 4 is 0 Å². The van der Waals surface area contributed by atoms with Gasteiger partial charge in [0.2, 0.25) is 11.7 Å². The van der Waals surface area contributed by atoms with Crippen LogP contribution < -0.4 is 5.32 Å². The number of hydrogen-bond donors (Lipinski definition) is 2. The van der Waals surface area contributed by atoms with Gasteiger partial charge >= 0.3 is 0 Å². The minimum Gasteiger partial charge on any atom is -0.392 e. The first kappa shape index (κ1) is 17.0. The van der Waals surface area contributed by atoms with Crippen LogP contribution >= 0.6 is 0 Å². The van der Waals surface area contributed by atoms with Gasteiger partial charge in [0.1, 0.15) is 0 Å². The highest BCUT2D eigenvalue weighted by molar-refractivity contribution is 5.51. The zero-order valence-electron chi connectivity index (χ0n) is 14.1. The molecule has 0 bridgehead atoms. The highest BCUT2D eigenvalue weighted by atomic mass is 16.5. The van der Waals surface area contributed by atoms with Gasteiger partial charge in [0, 0.05) is 24.5 Å². The number of hydrogen-bond acceptors (Lipinski definition) is 7. The van der Waals surface area contributed by atoms with E-state index in [0.717, 1.165) is 44.6 Å². The molecule has 24 heavy (non-hydrogen) atoms. The fourth-order valence-corrected chi connectivity index (χ4v) is 3.07. The molecule has 3 rings (SSSR count). The number of β-amino-alcohol motifs (C(OH)–C–C–N with tert-alkyl or cyclic N) is 1. The zero-order chi connectivity index (χ0) is 16.8. The quantitative estimate of drug-likeness (QED) is 0.791. The van der Waals surface area contributed by atoms with E-state index in [-0.39, 0.29) is 6.10 Å². The van der Waals surface area contributed by atoms with Crippen molar-refractivity contribution in [2.75, 3.05) is 26.2 Å². The van der Waals surface area contributed by atoms with Gasteiger partial charge in [-0.3, -0.25) is 4.98 Å². The molecule has 0 amide bonds. The van der Waals surface area contributed by atoms with E-state index in [1.165, 1.54) is 0 Å². The summed E-state index contributed by atoms with van der Waals surface area (Å²) in [6.07, 6.45) is 5.52. The Morgan fingerprint density at radius 1 is 1.42 bits per heavy atom. The highest BCUT2D eigenvalue weighted by Gasteiger charge is 2.20. The fourth-order valence-electron chi connectivity index (χ4n) is 3.07. The lowest BCUT2D eigenvalue weighted by Gasteiger charge is -2.32. The van der Waals surface area contributed by atoms with Crippen molar-refractivity contribution in [1.82, 2.24) is 25.3 Å². The third-order valence-corrected chi connectivity index (χ3v) is 4.33. The van der Waals surface area contributed by atoms with Crippen LogP contribution in [-0.4, -0.2) is 57.4 Å².